The number of carbonyl (C=O) groups is 1. The topological polar surface area (TPSA) is 41.6 Å². The Hall–Kier alpha value is -1.71. The second-order valence-corrected chi connectivity index (χ2v) is 5.17. The molecular formula is C14H22N2O2. The molecule has 0 atom stereocenters. The van der Waals surface area contributed by atoms with Gasteiger partial charge in [0, 0.05) is 32.0 Å². The number of benzene rings is 1. The summed E-state index contributed by atoms with van der Waals surface area (Å²) in [6, 6.07) is 8.08. The molecule has 0 aliphatic rings. The molecule has 1 aromatic rings. The maximum Gasteiger partial charge on any atom is 0.313 e. The van der Waals surface area contributed by atoms with Crippen LogP contribution in [0.4, 0.5) is 11.4 Å². The first kappa shape index (κ1) is 14.4. The minimum absolute atomic E-state index is 0.208. The fourth-order valence-corrected chi connectivity index (χ4v) is 1.55. The number of hydrogen-bond acceptors (Lipinski definition) is 4. The highest BCUT2D eigenvalue weighted by atomic mass is 16.5. The number of hydrogen-bond donors (Lipinski definition) is 1. The predicted octanol–water partition coefficient (Wildman–Crippen LogP) is 2.36. The number of esters is 1. The molecule has 4 nitrogen and oxygen atoms in total. The van der Waals surface area contributed by atoms with Crippen LogP contribution in [0.5, 0.6) is 0 Å². The zero-order valence-electron chi connectivity index (χ0n) is 11.8. The Labute approximate surface area is 109 Å². The molecule has 1 aromatic carbocycles. The summed E-state index contributed by atoms with van der Waals surface area (Å²) in [4.78, 5) is 13.6. The van der Waals surface area contributed by atoms with Crippen LogP contribution in [0.3, 0.4) is 0 Å². The van der Waals surface area contributed by atoms with Crippen LogP contribution in [0.1, 0.15) is 13.8 Å². The standard InChI is InChI=1S/C14H22N2O2/c1-14(2,13(17)18-5)10-15-11-6-8-12(9-7-11)16(3)4/h6-9,15H,10H2,1-5H3. The third-order valence-electron chi connectivity index (χ3n) is 2.86. The van der Waals surface area contributed by atoms with Crippen molar-refractivity contribution < 1.29 is 9.53 Å². The molecule has 1 N–H and O–H groups in total. The van der Waals surface area contributed by atoms with Gasteiger partial charge in [-0.1, -0.05) is 0 Å². The van der Waals surface area contributed by atoms with Crippen molar-refractivity contribution in [2.45, 2.75) is 13.8 Å². The monoisotopic (exact) mass is 250 g/mol. The van der Waals surface area contributed by atoms with Crippen LogP contribution in [0.2, 0.25) is 0 Å². The molecule has 0 radical (unpaired) electrons. The molecule has 0 saturated heterocycles. The SMILES string of the molecule is COC(=O)C(C)(C)CNc1ccc(N(C)C)cc1. The van der Waals surface area contributed by atoms with Gasteiger partial charge in [0.1, 0.15) is 0 Å². The van der Waals surface area contributed by atoms with Crippen LogP contribution in [0, 0.1) is 5.41 Å². The van der Waals surface area contributed by atoms with E-state index in [-0.39, 0.29) is 5.97 Å². The largest absolute Gasteiger partial charge is 0.469 e. The Kier molecular flexibility index (Phi) is 4.59. The van der Waals surface area contributed by atoms with Crippen LogP contribution in [0.15, 0.2) is 24.3 Å². The van der Waals surface area contributed by atoms with Gasteiger partial charge in [-0.15, -0.1) is 0 Å². The minimum Gasteiger partial charge on any atom is -0.469 e. The summed E-state index contributed by atoms with van der Waals surface area (Å²) in [5.74, 6) is -0.208. The van der Waals surface area contributed by atoms with E-state index in [1.54, 1.807) is 0 Å². The highest BCUT2D eigenvalue weighted by molar-refractivity contribution is 5.76. The zero-order valence-corrected chi connectivity index (χ0v) is 11.8. The molecule has 0 aromatic heterocycles. The lowest BCUT2D eigenvalue weighted by atomic mass is 9.93. The summed E-state index contributed by atoms with van der Waals surface area (Å²) in [7, 11) is 5.42. The van der Waals surface area contributed by atoms with Crippen molar-refractivity contribution >= 4 is 17.3 Å². The Morgan fingerprint density at radius 2 is 1.83 bits per heavy atom. The van der Waals surface area contributed by atoms with E-state index in [2.05, 4.69) is 5.32 Å². The summed E-state index contributed by atoms with van der Waals surface area (Å²) >= 11 is 0. The molecule has 0 fully saturated rings. The number of carbonyl (C=O) groups excluding carboxylic acids is 1. The Balaban J connectivity index is 2.61. The molecule has 0 saturated carbocycles. The van der Waals surface area contributed by atoms with Crippen LogP contribution >= 0.6 is 0 Å². The summed E-state index contributed by atoms with van der Waals surface area (Å²) in [6.45, 7) is 4.26. The quantitative estimate of drug-likeness (QED) is 0.815. The van der Waals surface area contributed by atoms with Gasteiger partial charge in [-0.25, -0.2) is 0 Å². The van der Waals surface area contributed by atoms with Gasteiger partial charge in [0.25, 0.3) is 0 Å². The highest BCUT2D eigenvalue weighted by Gasteiger charge is 2.28. The molecule has 100 valence electrons. The Morgan fingerprint density at radius 3 is 2.28 bits per heavy atom. The van der Waals surface area contributed by atoms with Gasteiger partial charge in [0.05, 0.1) is 12.5 Å². The molecule has 0 aliphatic heterocycles. The maximum atomic E-state index is 11.5. The average molecular weight is 250 g/mol. The van der Waals surface area contributed by atoms with E-state index in [1.807, 2.05) is 57.1 Å². The first-order valence-electron chi connectivity index (χ1n) is 5.96. The molecule has 0 bridgehead atoms. The van der Waals surface area contributed by atoms with E-state index in [9.17, 15) is 4.79 Å². The zero-order chi connectivity index (χ0) is 13.8. The molecular weight excluding hydrogens is 228 g/mol. The van der Waals surface area contributed by atoms with Crippen molar-refractivity contribution in [1.29, 1.82) is 0 Å². The van der Waals surface area contributed by atoms with Crippen LogP contribution in [-0.2, 0) is 9.53 Å². The van der Waals surface area contributed by atoms with Crippen LogP contribution in [-0.4, -0.2) is 33.7 Å². The van der Waals surface area contributed by atoms with Crippen molar-refractivity contribution in [3.63, 3.8) is 0 Å². The Bertz CT molecular complexity index is 397. The lowest BCUT2D eigenvalue weighted by molar-refractivity contribution is -0.149. The van der Waals surface area contributed by atoms with Gasteiger partial charge in [-0.05, 0) is 38.1 Å². The van der Waals surface area contributed by atoms with Gasteiger partial charge >= 0.3 is 5.97 Å². The fraction of sp³-hybridized carbons (Fsp3) is 0.500. The number of nitrogens with zero attached hydrogens (tertiary/aromatic N) is 1. The van der Waals surface area contributed by atoms with E-state index >= 15 is 0 Å². The maximum absolute atomic E-state index is 11.5. The predicted molar refractivity (Wildman–Crippen MR) is 75.1 cm³/mol. The minimum atomic E-state index is -0.533. The van der Waals surface area contributed by atoms with E-state index in [4.69, 9.17) is 4.74 Å². The highest BCUT2D eigenvalue weighted by Crippen LogP contribution is 2.20. The Morgan fingerprint density at radius 1 is 1.28 bits per heavy atom. The van der Waals surface area contributed by atoms with E-state index in [1.165, 1.54) is 7.11 Å². The number of nitrogens with one attached hydrogen (secondary N) is 1. The van der Waals surface area contributed by atoms with Crippen molar-refractivity contribution in [3.05, 3.63) is 24.3 Å². The summed E-state index contributed by atoms with van der Waals surface area (Å²) in [5, 5.41) is 3.25. The molecule has 0 unspecified atom stereocenters. The molecule has 0 spiro atoms. The average Bonchev–Trinajstić information content (AvgIpc) is 2.35. The first-order valence-corrected chi connectivity index (χ1v) is 5.96. The number of ether oxygens (including phenoxy) is 1. The van der Waals surface area contributed by atoms with E-state index in [0.29, 0.717) is 6.54 Å². The number of anilines is 2. The number of rotatable bonds is 5. The molecule has 1 rings (SSSR count). The molecule has 0 heterocycles. The number of methoxy groups -OCH3 is 1. The van der Waals surface area contributed by atoms with E-state index in [0.717, 1.165) is 11.4 Å². The van der Waals surface area contributed by atoms with Gasteiger partial charge in [0.15, 0.2) is 0 Å². The van der Waals surface area contributed by atoms with Crippen molar-refractivity contribution in [2.75, 3.05) is 38.0 Å². The van der Waals surface area contributed by atoms with Crippen LogP contribution in [0.25, 0.3) is 0 Å². The summed E-state index contributed by atoms with van der Waals surface area (Å²) in [6.07, 6.45) is 0. The van der Waals surface area contributed by atoms with Gasteiger partial charge in [-0.2, -0.15) is 0 Å². The summed E-state index contributed by atoms with van der Waals surface area (Å²) in [5.41, 5.74) is 1.61. The van der Waals surface area contributed by atoms with Crippen molar-refractivity contribution in [1.82, 2.24) is 0 Å². The van der Waals surface area contributed by atoms with Crippen molar-refractivity contribution in [3.8, 4) is 0 Å². The molecule has 4 heteroatoms. The van der Waals surface area contributed by atoms with Crippen molar-refractivity contribution in [2.24, 2.45) is 5.41 Å². The van der Waals surface area contributed by atoms with Gasteiger partial charge < -0.3 is 15.0 Å². The second-order valence-electron chi connectivity index (χ2n) is 5.17. The third-order valence-corrected chi connectivity index (χ3v) is 2.86. The smallest absolute Gasteiger partial charge is 0.313 e. The lowest BCUT2D eigenvalue weighted by Crippen LogP contribution is -2.33. The second kappa shape index (κ2) is 5.76. The van der Waals surface area contributed by atoms with Crippen LogP contribution < -0.4 is 10.2 Å². The van der Waals surface area contributed by atoms with E-state index < -0.39 is 5.41 Å². The normalized spacial score (nSPS) is 10.9. The first-order chi connectivity index (χ1) is 8.36. The molecule has 0 aliphatic carbocycles. The van der Waals surface area contributed by atoms with Gasteiger partial charge in [0.2, 0.25) is 0 Å². The molecule has 18 heavy (non-hydrogen) atoms. The third kappa shape index (κ3) is 3.65. The lowest BCUT2D eigenvalue weighted by Gasteiger charge is -2.22. The fourth-order valence-electron chi connectivity index (χ4n) is 1.55. The summed E-state index contributed by atoms with van der Waals surface area (Å²) < 4.78 is 4.77. The molecule has 0 amide bonds. The van der Waals surface area contributed by atoms with Gasteiger partial charge in [-0.3, -0.25) is 4.79 Å².